The summed E-state index contributed by atoms with van der Waals surface area (Å²) in [6.07, 6.45) is 2.64. The van der Waals surface area contributed by atoms with E-state index in [2.05, 4.69) is 10.3 Å². The molecule has 1 aliphatic rings. The van der Waals surface area contributed by atoms with Crippen LogP contribution in [0.3, 0.4) is 0 Å². The van der Waals surface area contributed by atoms with E-state index in [0.717, 1.165) is 48.7 Å². The van der Waals surface area contributed by atoms with Crippen LogP contribution in [0.15, 0.2) is 48.7 Å². The topological polar surface area (TPSA) is 54.1 Å². The number of aromatic amines is 1. The van der Waals surface area contributed by atoms with Crippen LogP contribution in [0.25, 0.3) is 10.9 Å². The molecule has 1 aliphatic carbocycles. The molecule has 0 spiro atoms. The summed E-state index contributed by atoms with van der Waals surface area (Å²) in [5.74, 6) is 0.685. The monoisotopic (exact) mass is 416 g/mol. The van der Waals surface area contributed by atoms with Crippen LogP contribution in [0, 0.1) is 5.92 Å². The van der Waals surface area contributed by atoms with Crippen molar-refractivity contribution >= 4 is 22.5 Å². The van der Waals surface area contributed by atoms with Gasteiger partial charge in [-0.1, -0.05) is 31.4 Å². The Balaban J connectivity index is 1.44. The third kappa shape index (κ3) is 4.61. The van der Waals surface area contributed by atoms with Gasteiger partial charge in [-0.15, -0.1) is 0 Å². The molecule has 0 radical (unpaired) electrons. The smallest absolute Gasteiger partial charge is 0.416 e. The van der Waals surface area contributed by atoms with Crippen molar-refractivity contribution in [3.63, 3.8) is 0 Å². The Morgan fingerprint density at radius 3 is 2.50 bits per heavy atom. The lowest BCUT2D eigenvalue weighted by Gasteiger charge is -2.20. The van der Waals surface area contributed by atoms with Crippen LogP contribution in [0.1, 0.15) is 43.2 Å². The Labute approximate surface area is 172 Å². The normalized spacial score (nSPS) is 15.3. The molecule has 2 aromatic carbocycles. The molecule has 4 rings (SSSR count). The van der Waals surface area contributed by atoms with Crippen LogP contribution in [0.2, 0.25) is 0 Å². The summed E-state index contributed by atoms with van der Waals surface area (Å²) in [5.41, 5.74) is 1.54. The first kappa shape index (κ1) is 20.3. The highest BCUT2D eigenvalue weighted by atomic mass is 19.4. The first-order valence-corrected chi connectivity index (χ1v) is 10.1. The summed E-state index contributed by atoms with van der Waals surface area (Å²) < 4.78 is 43.8. The minimum absolute atomic E-state index is 0.0478. The average molecular weight is 416 g/mol. The number of anilines is 1. The van der Waals surface area contributed by atoms with E-state index in [1.54, 1.807) is 12.3 Å². The molecule has 1 amide bonds. The molecule has 30 heavy (non-hydrogen) atoms. The standard InChI is InChI=1S/C23H23F3N2O2/c24-23(25,26)17-8-6-15(7-9-17)14-30-18-10-11-20-19(12-18)21(13-27-20)28-22(29)16-4-2-1-3-5-16/h6-13,16,27H,1-5,14H2,(H,28,29). The second-order valence-electron chi connectivity index (χ2n) is 7.72. The molecule has 1 saturated carbocycles. The SMILES string of the molecule is O=C(Nc1c[nH]c2ccc(OCc3ccc(C(F)(F)F)cc3)cc12)C1CCCCC1. The number of fused-ring (bicyclic) bond motifs is 1. The molecule has 4 nitrogen and oxygen atoms in total. The van der Waals surface area contributed by atoms with Crippen LogP contribution < -0.4 is 10.1 Å². The van der Waals surface area contributed by atoms with Crippen LogP contribution in [0.5, 0.6) is 5.75 Å². The van der Waals surface area contributed by atoms with E-state index in [9.17, 15) is 18.0 Å². The first-order valence-electron chi connectivity index (χ1n) is 10.1. The molecule has 2 N–H and O–H groups in total. The molecule has 0 unspecified atom stereocenters. The van der Waals surface area contributed by atoms with Gasteiger partial charge in [-0.05, 0) is 48.7 Å². The second kappa shape index (κ2) is 8.42. The molecule has 0 atom stereocenters. The van der Waals surface area contributed by atoms with Gasteiger partial charge in [0.25, 0.3) is 0 Å². The number of ether oxygens (including phenoxy) is 1. The summed E-state index contributed by atoms with van der Waals surface area (Å²) in [6, 6.07) is 10.4. The summed E-state index contributed by atoms with van der Waals surface area (Å²) in [5, 5.41) is 3.86. The molecular formula is C23H23F3N2O2. The molecule has 0 bridgehead atoms. The molecule has 7 heteroatoms. The van der Waals surface area contributed by atoms with E-state index in [1.807, 2.05) is 12.1 Å². The summed E-state index contributed by atoms with van der Waals surface area (Å²) in [7, 11) is 0. The largest absolute Gasteiger partial charge is 0.489 e. The Hall–Kier alpha value is -2.96. The highest BCUT2D eigenvalue weighted by molar-refractivity contribution is 6.02. The van der Waals surface area contributed by atoms with E-state index in [1.165, 1.54) is 18.6 Å². The Bertz CT molecular complexity index is 1020. The lowest BCUT2D eigenvalue weighted by molar-refractivity contribution is -0.137. The fourth-order valence-electron chi connectivity index (χ4n) is 3.85. The van der Waals surface area contributed by atoms with E-state index >= 15 is 0 Å². The van der Waals surface area contributed by atoms with Gasteiger partial charge in [-0.2, -0.15) is 13.2 Å². The van der Waals surface area contributed by atoms with E-state index in [-0.39, 0.29) is 18.4 Å². The molecule has 1 aromatic heterocycles. The molecule has 0 saturated heterocycles. The van der Waals surface area contributed by atoms with Crippen molar-refractivity contribution < 1.29 is 22.7 Å². The fourth-order valence-corrected chi connectivity index (χ4v) is 3.85. The number of nitrogens with one attached hydrogen (secondary N) is 2. The van der Waals surface area contributed by atoms with Gasteiger partial charge in [0.15, 0.2) is 0 Å². The van der Waals surface area contributed by atoms with Gasteiger partial charge in [-0.25, -0.2) is 0 Å². The number of benzene rings is 2. The van der Waals surface area contributed by atoms with Gasteiger partial charge in [0, 0.05) is 23.0 Å². The number of H-pyrrole nitrogens is 1. The highest BCUT2D eigenvalue weighted by Crippen LogP contribution is 2.31. The minimum Gasteiger partial charge on any atom is -0.489 e. The number of hydrogen-bond acceptors (Lipinski definition) is 2. The minimum atomic E-state index is -4.35. The van der Waals surface area contributed by atoms with Gasteiger partial charge in [0.1, 0.15) is 12.4 Å². The quantitative estimate of drug-likeness (QED) is 0.514. The molecule has 3 aromatic rings. The molecular weight excluding hydrogens is 393 g/mol. The van der Waals surface area contributed by atoms with Crippen LogP contribution in [-0.4, -0.2) is 10.9 Å². The number of rotatable bonds is 5. The highest BCUT2D eigenvalue weighted by Gasteiger charge is 2.29. The third-order valence-corrected chi connectivity index (χ3v) is 5.57. The second-order valence-corrected chi connectivity index (χ2v) is 7.72. The molecule has 1 fully saturated rings. The van der Waals surface area contributed by atoms with Gasteiger partial charge >= 0.3 is 6.18 Å². The van der Waals surface area contributed by atoms with Crippen molar-refractivity contribution in [2.24, 2.45) is 5.92 Å². The van der Waals surface area contributed by atoms with E-state index < -0.39 is 11.7 Å². The number of halogens is 3. The van der Waals surface area contributed by atoms with Crippen LogP contribution in [0.4, 0.5) is 18.9 Å². The van der Waals surface area contributed by atoms with Gasteiger partial charge in [-0.3, -0.25) is 4.79 Å². The average Bonchev–Trinajstić information content (AvgIpc) is 3.14. The van der Waals surface area contributed by atoms with Crippen LogP contribution in [-0.2, 0) is 17.6 Å². The Morgan fingerprint density at radius 1 is 1.07 bits per heavy atom. The number of carbonyl (C=O) groups is 1. The van der Waals surface area contributed by atoms with Crippen molar-refractivity contribution in [2.45, 2.75) is 44.9 Å². The summed E-state index contributed by atoms with van der Waals surface area (Å²) in [6.45, 7) is 0.151. The van der Waals surface area contributed by atoms with Gasteiger partial charge in [0.05, 0.1) is 11.3 Å². The lowest BCUT2D eigenvalue weighted by Crippen LogP contribution is -2.24. The number of amides is 1. The summed E-state index contributed by atoms with van der Waals surface area (Å²) in [4.78, 5) is 15.7. The van der Waals surface area contributed by atoms with E-state index in [0.29, 0.717) is 17.0 Å². The maximum atomic E-state index is 12.7. The fraction of sp³-hybridized carbons (Fsp3) is 0.348. The number of carbonyl (C=O) groups excluding carboxylic acids is 1. The Morgan fingerprint density at radius 2 is 1.80 bits per heavy atom. The molecule has 158 valence electrons. The first-order chi connectivity index (χ1) is 14.4. The van der Waals surface area contributed by atoms with Crippen molar-refractivity contribution in [2.75, 3.05) is 5.32 Å². The predicted molar refractivity (Wildman–Crippen MR) is 109 cm³/mol. The van der Waals surface area contributed by atoms with E-state index in [4.69, 9.17) is 4.74 Å². The maximum absolute atomic E-state index is 12.7. The maximum Gasteiger partial charge on any atom is 0.416 e. The van der Waals surface area contributed by atoms with Crippen molar-refractivity contribution in [1.29, 1.82) is 0 Å². The van der Waals surface area contributed by atoms with Crippen molar-refractivity contribution in [3.05, 3.63) is 59.8 Å². The van der Waals surface area contributed by atoms with Crippen LogP contribution >= 0.6 is 0 Å². The third-order valence-electron chi connectivity index (χ3n) is 5.57. The number of aromatic nitrogens is 1. The zero-order chi connectivity index (χ0) is 21.1. The van der Waals surface area contributed by atoms with Gasteiger partial charge < -0.3 is 15.0 Å². The zero-order valence-electron chi connectivity index (χ0n) is 16.4. The number of hydrogen-bond donors (Lipinski definition) is 2. The zero-order valence-corrected chi connectivity index (χ0v) is 16.4. The summed E-state index contributed by atoms with van der Waals surface area (Å²) >= 11 is 0. The van der Waals surface area contributed by atoms with Gasteiger partial charge in [0.2, 0.25) is 5.91 Å². The Kier molecular flexibility index (Phi) is 5.70. The molecule has 1 heterocycles. The molecule has 0 aliphatic heterocycles. The lowest BCUT2D eigenvalue weighted by atomic mass is 9.88. The predicted octanol–water partition coefficient (Wildman–Crippen LogP) is 6.28. The van der Waals surface area contributed by atoms with Crippen molar-refractivity contribution in [1.82, 2.24) is 4.98 Å². The van der Waals surface area contributed by atoms with Crippen molar-refractivity contribution in [3.8, 4) is 5.75 Å². The number of alkyl halides is 3.